The fourth-order valence-corrected chi connectivity index (χ4v) is 11.9. The van der Waals surface area contributed by atoms with Crippen LogP contribution in [-0.4, -0.2) is 89.5 Å². The fraction of sp³-hybridized carbons (Fsp3) is 0.518. The van der Waals surface area contributed by atoms with Crippen molar-refractivity contribution in [2.24, 2.45) is 10.9 Å². The van der Waals surface area contributed by atoms with Gasteiger partial charge in [0, 0.05) is 48.8 Å². The molecule has 0 saturated heterocycles. The highest BCUT2D eigenvalue weighted by atomic mass is 16.6. The van der Waals surface area contributed by atoms with E-state index in [0.717, 1.165) is 74.5 Å². The van der Waals surface area contributed by atoms with Gasteiger partial charge in [0.1, 0.15) is 35.0 Å². The Morgan fingerprint density at radius 1 is 0.956 bits per heavy atom. The van der Waals surface area contributed by atoms with E-state index in [4.69, 9.17) is 18.9 Å². The maximum Gasteiger partial charge on any atom is 0.161 e. The zero-order valence-electron chi connectivity index (χ0n) is 39.8. The van der Waals surface area contributed by atoms with E-state index < -0.39 is 23.3 Å². The van der Waals surface area contributed by atoms with Crippen molar-refractivity contribution in [3.05, 3.63) is 98.6 Å². The Kier molecular flexibility index (Phi) is 13.5. The number of rotatable bonds is 14. The van der Waals surface area contributed by atoms with Crippen molar-refractivity contribution in [1.82, 2.24) is 16.0 Å². The topological polar surface area (TPSA) is 166 Å². The Labute approximate surface area is 400 Å². The molecule has 4 heterocycles. The molecule has 6 aliphatic rings. The van der Waals surface area contributed by atoms with Crippen LogP contribution in [0.25, 0.3) is 17.2 Å². The molecule has 68 heavy (non-hydrogen) atoms. The van der Waals surface area contributed by atoms with Gasteiger partial charge in [0.2, 0.25) is 0 Å². The van der Waals surface area contributed by atoms with Crippen LogP contribution in [0.5, 0.6) is 28.7 Å². The third kappa shape index (κ3) is 9.46. The summed E-state index contributed by atoms with van der Waals surface area (Å²) in [5.41, 5.74) is 6.02. The number of hydrogen-bond acceptors (Lipinski definition) is 12. The SMILES string of the molecule is CC(C)CC(C)(O)CNCNC1C#CCCOc2cc(ccc2O)C2Oc3c(c4c(c5c3CCC(CO)O5)-c3ccc(O)cc3C(Cc3ccc5c(c3)=CCN=5)C4)CC12OCNC1CCCCC1. The number of phenolic OH excluding ortho intramolecular Hbond substituents is 2. The van der Waals surface area contributed by atoms with E-state index in [1.165, 1.54) is 24.8 Å². The summed E-state index contributed by atoms with van der Waals surface area (Å²) < 4.78 is 28.2. The predicted octanol–water partition coefficient (Wildman–Crippen LogP) is 6.15. The Balaban J connectivity index is 1.15. The highest BCUT2D eigenvalue weighted by molar-refractivity contribution is 5.85. The second-order valence-electron chi connectivity index (χ2n) is 20.7. The molecule has 4 aromatic rings. The van der Waals surface area contributed by atoms with Crippen LogP contribution in [0, 0.1) is 17.8 Å². The minimum Gasteiger partial charge on any atom is -0.508 e. The van der Waals surface area contributed by atoms with Crippen LogP contribution in [0.15, 0.2) is 59.6 Å². The van der Waals surface area contributed by atoms with Gasteiger partial charge in [-0.3, -0.25) is 15.6 Å². The van der Waals surface area contributed by atoms with Crippen molar-refractivity contribution in [3.8, 4) is 51.7 Å². The number of aromatic hydroxyl groups is 2. The first-order valence-corrected chi connectivity index (χ1v) is 25.1. The molecular formula is C56H68N4O8. The van der Waals surface area contributed by atoms with E-state index in [9.17, 15) is 20.4 Å². The summed E-state index contributed by atoms with van der Waals surface area (Å²) in [6.07, 6.45) is 10.9. The summed E-state index contributed by atoms with van der Waals surface area (Å²) in [4.78, 5) is 4.65. The molecule has 1 saturated carbocycles. The summed E-state index contributed by atoms with van der Waals surface area (Å²) >= 11 is 0. The lowest BCUT2D eigenvalue weighted by Crippen LogP contribution is -2.62. The number of aliphatic hydroxyl groups excluding tert-OH is 1. The van der Waals surface area contributed by atoms with Crippen molar-refractivity contribution in [1.29, 1.82) is 0 Å². The number of benzene rings is 4. The molecule has 1 fully saturated rings. The molecule has 7 N–H and O–H groups in total. The minimum absolute atomic E-state index is 0.0103. The number of hydrogen-bond donors (Lipinski definition) is 7. The Morgan fingerprint density at radius 3 is 2.66 bits per heavy atom. The van der Waals surface area contributed by atoms with Crippen LogP contribution in [0.3, 0.4) is 0 Å². The average Bonchev–Trinajstić information content (AvgIpc) is 3.80. The Bertz CT molecular complexity index is 2700. The molecule has 4 aromatic carbocycles. The van der Waals surface area contributed by atoms with Crippen LogP contribution in [0.4, 0.5) is 0 Å². The maximum absolute atomic E-state index is 11.3. The smallest absolute Gasteiger partial charge is 0.161 e. The van der Waals surface area contributed by atoms with E-state index in [-0.39, 0.29) is 43.5 Å². The van der Waals surface area contributed by atoms with E-state index in [2.05, 4.69) is 70.9 Å². The second kappa shape index (κ2) is 19.7. The molecule has 0 aromatic heterocycles. The van der Waals surface area contributed by atoms with Crippen LogP contribution in [-0.2, 0) is 30.4 Å². The van der Waals surface area contributed by atoms with Crippen LogP contribution in [0.1, 0.15) is 118 Å². The number of aliphatic hydroxyl groups is 2. The molecule has 10 rings (SSSR count). The van der Waals surface area contributed by atoms with Gasteiger partial charge in [0.15, 0.2) is 17.6 Å². The van der Waals surface area contributed by atoms with E-state index in [0.29, 0.717) is 81.7 Å². The Morgan fingerprint density at radius 2 is 1.82 bits per heavy atom. The summed E-state index contributed by atoms with van der Waals surface area (Å²) in [5, 5.41) is 57.3. The number of nitrogens with one attached hydrogen (secondary N) is 3. The molecule has 0 amide bonds. The summed E-state index contributed by atoms with van der Waals surface area (Å²) in [6, 6.07) is 17.4. The molecule has 360 valence electrons. The van der Waals surface area contributed by atoms with Gasteiger partial charge >= 0.3 is 0 Å². The van der Waals surface area contributed by atoms with Crippen molar-refractivity contribution in [2.75, 3.05) is 39.7 Å². The standard InChI is InChI=1S/C56H68N4O8/c1-34(2)28-55(3,64)31-57-32-59-50-11-7-8-22-65-49-26-37(13-19-48(49)63)54-56(50,66-33-60-39-9-5-4-6-10-39)29-46-45-25-38(24-35-12-18-47-36(23-35)20-21-58-47)44-27-40(62)14-16-42(44)51(45)53-43(52(46)68-54)17-15-41(30-61)67-53/h12-14,16,18-20,23,26-27,34,38-39,41,50,54,57,59-64H,4-6,8-10,15,17,21-22,24-25,28-33H2,1-3H3. The van der Waals surface area contributed by atoms with Gasteiger partial charge in [0.25, 0.3) is 0 Å². The minimum atomic E-state index is -1.16. The normalized spacial score (nSPS) is 24.5. The Hall–Kier alpha value is -5.13. The first-order chi connectivity index (χ1) is 33.0. The monoisotopic (exact) mass is 925 g/mol. The van der Waals surface area contributed by atoms with E-state index in [1.54, 1.807) is 12.1 Å². The van der Waals surface area contributed by atoms with Gasteiger partial charge in [-0.05, 0) is 133 Å². The summed E-state index contributed by atoms with van der Waals surface area (Å²) in [7, 11) is 0. The van der Waals surface area contributed by atoms with Gasteiger partial charge in [-0.25, -0.2) is 0 Å². The summed E-state index contributed by atoms with van der Waals surface area (Å²) in [5.74, 6) is 9.47. The lowest BCUT2D eigenvalue weighted by Gasteiger charge is -2.50. The molecule has 0 radical (unpaired) electrons. The molecule has 4 aliphatic heterocycles. The molecule has 2 bridgehead atoms. The molecule has 6 atom stereocenters. The molecule has 6 unspecified atom stereocenters. The van der Waals surface area contributed by atoms with Crippen molar-refractivity contribution in [2.45, 2.75) is 139 Å². The second-order valence-corrected chi connectivity index (χ2v) is 20.7. The first-order valence-electron chi connectivity index (χ1n) is 25.1. The quantitative estimate of drug-likeness (QED) is 0.0441. The van der Waals surface area contributed by atoms with Crippen molar-refractivity contribution >= 4 is 6.08 Å². The molecule has 2 aliphatic carbocycles. The average molecular weight is 925 g/mol. The lowest BCUT2D eigenvalue weighted by atomic mass is 9.69. The van der Waals surface area contributed by atoms with Gasteiger partial charge < -0.3 is 44.7 Å². The van der Waals surface area contributed by atoms with Crippen LogP contribution >= 0.6 is 0 Å². The van der Waals surface area contributed by atoms with Gasteiger partial charge in [-0.1, -0.05) is 69.2 Å². The third-order valence-corrected chi connectivity index (χ3v) is 15.0. The number of fused-ring (bicyclic) bond motifs is 13. The van der Waals surface area contributed by atoms with Crippen LogP contribution in [0.2, 0.25) is 0 Å². The zero-order chi connectivity index (χ0) is 47.0. The molecule has 12 heteroatoms. The number of phenols is 2. The highest BCUT2D eigenvalue weighted by Gasteiger charge is 2.54. The lowest BCUT2D eigenvalue weighted by molar-refractivity contribution is -0.144. The molecular weight excluding hydrogens is 857 g/mol. The van der Waals surface area contributed by atoms with E-state index >= 15 is 0 Å². The molecule has 0 spiro atoms. The van der Waals surface area contributed by atoms with Crippen molar-refractivity contribution < 1.29 is 39.4 Å². The third-order valence-electron chi connectivity index (χ3n) is 15.0. The van der Waals surface area contributed by atoms with Crippen LogP contribution < -0.4 is 40.7 Å². The predicted molar refractivity (Wildman–Crippen MR) is 262 cm³/mol. The number of ether oxygens (including phenoxy) is 4. The van der Waals surface area contributed by atoms with Gasteiger partial charge in [0.05, 0.1) is 37.4 Å². The van der Waals surface area contributed by atoms with Gasteiger partial charge in [-0.15, -0.1) is 0 Å². The largest absolute Gasteiger partial charge is 0.508 e. The fourth-order valence-electron chi connectivity index (χ4n) is 11.9. The summed E-state index contributed by atoms with van der Waals surface area (Å²) in [6.45, 7) is 7.96. The molecule has 12 nitrogen and oxygen atoms in total. The van der Waals surface area contributed by atoms with E-state index in [1.807, 2.05) is 31.2 Å². The first kappa shape index (κ1) is 46.6. The highest BCUT2D eigenvalue weighted by Crippen LogP contribution is 2.58. The van der Waals surface area contributed by atoms with Gasteiger partial charge in [-0.2, -0.15) is 0 Å². The maximum atomic E-state index is 11.3. The van der Waals surface area contributed by atoms with Crippen molar-refractivity contribution in [3.63, 3.8) is 0 Å². The zero-order valence-corrected chi connectivity index (χ0v) is 39.8. The number of nitrogens with zero attached hydrogens (tertiary/aromatic N) is 1.